The minimum atomic E-state index is -0.165. The van der Waals surface area contributed by atoms with Crippen molar-refractivity contribution in [1.29, 1.82) is 0 Å². The summed E-state index contributed by atoms with van der Waals surface area (Å²) in [7, 11) is 4.13. The topological polar surface area (TPSA) is 27.1 Å². The minimum absolute atomic E-state index is 0. The largest absolute Gasteiger partial charge is 4.00 e. The van der Waals surface area contributed by atoms with Crippen LogP contribution in [-0.4, -0.2) is 28.5 Å². The molecule has 0 amide bonds. The molecule has 3 heterocycles. The predicted molar refractivity (Wildman–Crippen MR) is 182 cm³/mol. The monoisotopic (exact) mass is 782 g/mol. The molecule has 2 aliphatic rings. The van der Waals surface area contributed by atoms with Gasteiger partial charge < -0.3 is 28.9 Å². The first-order valence-electron chi connectivity index (χ1n) is 15.1. The van der Waals surface area contributed by atoms with Crippen LogP contribution >= 0.6 is 0 Å². The van der Waals surface area contributed by atoms with Crippen LogP contribution in [0.2, 0.25) is 0 Å². The Hall–Kier alpha value is -4.51. The molecular weight excluding hydrogens is 750 g/mol. The molecule has 1 aromatic heterocycles. The van der Waals surface area contributed by atoms with Gasteiger partial charge >= 0.3 is 21.1 Å². The quantitative estimate of drug-likeness (QED) is 0.163. The van der Waals surface area contributed by atoms with Crippen molar-refractivity contribution in [3.63, 3.8) is 0 Å². The Morgan fingerprint density at radius 3 is 2.07 bits per heavy atom. The molecule has 8 rings (SSSR count). The fourth-order valence-corrected chi connectivity index (χ4v) is 6.35. The number of para-hydroxylation sites is 3. The smallest absolute Gasteiger partial charge is 0.510 e. The van der Waals surface area contributed by atoms with Crippen LogP contribution < -0.4 is 14.5 Å². The average Bonchev–Trinajstić information content (AvgIpc) is 3.64. The van der Waals surface area contributed by atoms with E-state index in [1.54, 1.807) is 0 Å². The van der Waals surface area contributed by atoms with Crippen LogP contribution in [0.4, 0.5) is 17.1 Å². The van der Waals surface area contributed by atoms with Gasteiger partial charge in [-0.3, -0.25) is 0 Å². The summed E-state index contributed by atoms with van der Waals surface area (Å²) < 4.78 is 8.92. The van der Waals surface area contributed by atoms with Crippen LogP contribution in [-0.2, 0) is 26.6 Å². The van der Waals surface area contributed by atoms with Gasteiger partial charge in [-0.15, -0.1) is 42.1 Å². The van der Waals surface area contributed by atoms with Crippen molar-refractivity contribution >= 4 is 38.9 Å². The van der Waals surface area contributed by atoms with Crippen molar-refractivity contribution in [2.45, 2.75) is 19.4 Å². The van der Waals surface area contributed by atoms with Crippen molar-refractivity contribution in [3.05, 3.63) is 147 Å². The molecule has 2 aliphatic heterocycles. The Bertz CT molecular complexity index is 2050. The predicted octanol–water partition coefficient (Wildman–Crippen LogP) is 8.95. The van der Waals surface area contributed by atoms with Crippen molar-refractivity contribution in [1.82, 2.24) is 14.4 Å². The zero-order chi connectivity index (χ0) is 30.7. The Morgan fingerprint density at radius 1 is 0.674 bits per heavy atom. The number of rotatable bonds is 5. The summed E-state index contributed by atoms with van der Waals surface area (Å²) in [6.07, 6.45) is 4.01. The summed E-state index contributed by atoms with van der Waals surface area (Å²) in [6.45, 7) is 8.66. The fourth-order valence-electron chi connectivity index (χ4n) is 6.35. The van der Waals surface area contributed by atoms with Gasteiger partial charge in [-0.05, 0) is 64.1 Å². The summed E-state index contributed by atoms with van der Waals surface area (Å²) in [4.78, 5) is 8.49. The van der Waals surface area contributed by atoms with E-state index >= 15 is 0 Å². The van der Waals surface area contributed by atoms with Gasteiger partial charge in [0.25, 0.3) is 0 Å². The maximum absolute atomic E-state index is 6.60. The van der Waals surface area contributed by atoms with Crippen LogP contribution in [0, 0.1) is 25.5 Å². The first kappa shape index (κ1) is 30.2. The number of benzene rings is 5. The van der Waals surface area contributed by atoms with E-state index in [4.69, 9.17) is 4.74 Å². The summed E-state index contributed by atoms with van der Waals surface area (Å²) in [6, 6.07) is 43.0. The van der Waals surface area contributed by atoms with Gasteiger partial charge in [-0.25, -0.2) is 0 Å². The number of fused-ring (bicyclic) bond motifs is 4. The normalized spacial score (nSPS) is 15.8. The van der Waals surface area contributed by atoms with Gasteiger partial charge in [0, 0.05) is 33.5 Å². The third-order valence-corrected chi connectivity index (χ3v) is 8.93. The van der Waals surface area contributed by atoms with Crippen molar-refractivity contribution < 1.29 is 25.8 Å². The third kappa shape index (κ3) is 5.06. The Morgan fingerprint density at radius 2 is 1.35 bits per heavy atom. The fraction of sp³-hybridized carbons (Fsp3) is 0.128. The van der Waals surface area contributed by atoms with Crippen molar-refractivity contribution in [2.75, 3.05) is 23.9 Å². The van der Waals surface area contributed by atoms with Gasteiger partial charge in [0.15, 0.2) is 0 Å². The molecule has 0 atom stereocenters. The second-order valence-electron chi connectivity index (χ2n) is 12.1. The molecule has 6 nitrogen and oxygen atoms in total. The van der Waals surface area contributed by atoms with Crippen molar-refractivity contribution in [2.24, 2.45) is 0 Å². The average molecular weight is 783 g/mol. The number of hydrogen-bond donors (Lipinski definition) is 0. The van der Waals surface area contributed by atoms with Gasteiger partial charge in [0.05, 0.1) is 11.0 Å². The number of ether oxygens (including phenoxy) is 1. The zero-order valence-electron chi connectivity index (χ0n) is 26.1. The van der Waals surface area contributed by atoms with Gasteiger partial charge in [0.2, 0.25) is 0 Å². The molecule has 46 heavy (non-hydrogen) atoms. The van der Waals surface area contributed by atoms with E-state index in [-0.39, 0.29) is 26.6 Å². The molecule has 0 N–H and O–H groups in total. The van der Waals surface area contributed by atoms with Gasteiger partial charge in [-0.2, -0.15) is 19.4 Å². The maximum Gasteiger partial charge on any atom is 4.00 e. The zero-order valence-corrected chi connectivity index (χ0v) is 28.4. The molecule has 0 aliphatic carbocycles. The second kappa shape index (κ2) is 11.7. The summed E-state index contributed by atoms with van der Waals surface area (Å²) in [5.74, 6) is 1.22. The van der Waals surface area contributed by atoms with Crippen LogP contribution in [0.1, 0.15) is 19.4 Å². The molecule has 0 spiro atoms. The molecule has 7 heteroatoms. The summed E-state index contributed by atoms with van der Waals surface area (Å²) >= 11 is 0. The van der Waals surface area contributed by atoms with E-state index in [1.165, 1.54) is 16.3 Å². The molecule has 0 bridgehead atoms. The van der Waals surface area contributed by atoms with Gasteiger partial charge in [-0.1, -0.05) is 66.0 Å². The number of nitrogens with zero attached hydrogens (tertiary/aromatic N) is 5. The Labute approximate surface area is 285 Å². The molecule has 230 valence electrons. The molecule has 0 saturated heterocycles. The summed E-state index contributed by atoms with van der Waals surface area (Å²) in [5, 5.41) is 2.42. The number of hydrogen-bond acceptors (Lipinski definition) is 5. The Balaban J connectivity index is 0.00000338. The van der Waals surface area contributed by atoms with Crippen LogP contribution in [0.25, 0.3) is 27.5 Å². The van der Waals surface area contributed by atoms with Crippen LogP contribution in [0.3, 0.4) is 0 Å². The van der Waals surface area contributed by atoms with E-state index in [9.17, 15) is 0 Å². The first-order valence-corrected chi connectivity index (χ1v) is 15.1. The second-order valence-corrected chi connectivity index (χ2v) is 12.1. The molecule has 5 aromatic carbocycles. The van der Waals surface area contributed by atoms with E-state index in [0.717, 1.165) is 33.8 Å². The van der Waals surface area contributed by atoms with E-state index < -0.39 is 0 Å². The third-order valence-electron chi connectivity index (χ3n) is 8.93. The summed E-state index contributed by atoms with van der Waals surface area (Å²) in [5.41, 5.74) is 7.24. The maximum atomic E-state index is 6.60. The van der Waals surface area contributed by atoms with E-state index in [1.807, 2.05) is 54.1 Å². The number of aromatic nitrogens is 1. The molecule has 0 unspecified atom stereocenters. The van der Waals surface area contributed by atoms with Crippen molar-refractivity contribution in [3.8, 4) is 17.2 Å². The van der Waals surface area contributed by atoms with E-state index in [0.29, 0.717) is 11.5 Å². The molecule has 0 fully saturated rings. The number of anilines is 3. The molecular formula is C39H33N5OPt. The minimum Gasteiger partial charge on any atom is -0.510 e. The van der Waals surface area contributed by atoms with E-state index in [2.05, 4.69) is 139 Å². The van der Waals surface area contributed by atoms with Crippen LogP contribution in [0.5, 0.6) is 11.5 Å². The molecule has 0 saturated carbocycles. The SMILES string of the molecule is CN1C=CN(c2[c-]c(Oc3[c-]c(N4[CH-]N(C)C(C)(C)c5ccccc54)cc(-n4c5ccccc5c5ccccc54)c3)ccc2)[CH-]1.[Pt+4]. The first-order chi connectivity index (χ1) is 21.9. The molecule has 6 aromatic rings. The standard InChI is InChI=1S/C39H33N5O.Pt/c1-39(2)35-16-7-10-19-38(35)43(27-41(39)4)29-22-30(44-36-17-8-5-14-33(36)34-15-6-9-18-37(34)44)25-32(24-29)45-31-13-11-12-28(23-31)42-21-20-40(3)26-42;/h5-22,25-27H,1-4H3;/q-4;+4. The molecule has 0 radical (unpaired) electrons. The van der Waals surface area contributed by atoms with Gasteiger partial charge in [0.1, 0.15) is 0 Å². The van der Waals surface area contributed by atoms with Crippen LogP contribution in [0.15, 0.2) is 116 Å². The Kier molecular flexibility index (Phi) is 7.66.